The monoisotopic (exact) mass is 704 g/mol. The number of hydrogen-bond donors (Lipinski definition) is 4. The van der Waals surface area contributed by atoms with Gasteiger partial charge in [0.1, 0.15) is 6.04 Å². The first-order valence-electron chi connectivity index (χ1n) is 13.8. The average molecular weight is 705 g/mol. The Bertz CT molecular complexity index is 1990. The summed E-state index contributed by atoms with van der Waals surface area (Å²) < 4.78 is 78.8. The molecule has 0 fully saturated rings. The first-order chi connectivity index (χ1) is 22.5. The van der Waals surface area contributed by atoms with E-state index < -0.39 is 40.3 Å². The van der Waals surface area contributed by atoms with E-state index in [2.05, 4.69) is 15.1 Å². The van der Waals surface area contributed by atoms with Crippen LogP contribution in [0.5, 0.6) is 5.88 Å². The van der Waals surface area contributed by atoms with Gasteiger partial charge in [-0.2, -0.15) is 31.7 Å². The minimum atomic E-state index is -4.84. The van der Waals surface area contributed by atoms with Crippen molar-refractivity contribution >= 4 is 33.6 Å². The fraction of sp³-hybridized carbons (Fsp3) is 0.161. The molecule has 0 amide bonds. The first kappa shape index (κ1) is 35.8. The number of carbonyl (C=O) groups is 1. The Morgan fingerprint density at radius 3 is 2.23 bits per heavy atom. The third kappa shape index (κ3) is 9.51. The molecule has 12 nitrogen and oxygen atoms in total. The molecule has 2 atom stereocenters. The van der Waals surface area contributed by atoms with Crippen LogP contribution in [0.2, 0.25) is 5.02 Å². The Kier molecular flexibility index (Phi) is 11.1. The van der Waals surface area contributed by atoms with Gasteiger partial charge in [-0.15, -0.1) is 0 Å². The van der Waals surface area contributed by atoms with E-state index >= 15 is 0 Å². The molecule has 0 saturated carbocycles. The molecule has 0 bridgehead atoms. The highest BCUT2D eigenvalue weighted by atomic mass is 35.5. The van der Waals surface area contributed by atoms with E-state index in [1.807, 2.05) is 0 Å². The minimum absolute atomic E-state index is 0.0741. The van der Waals surface area contributed by atoms with Crippen LogP contribution in [0.15, 0.2) is 96.0 Å². The maximum atomic E-state index is 14.3. The molecule has 0 aliphatic heterocycles. The molecule has 1 unspecified atom stereocenters. The number of nitrogens with zero attached hydrogens (tertiary/aromatic N) is 4. The van der Waals surface area contributed by atoms with Crippen LogP contribution >= 0.6 is 11.6 Å². The lowest BCUT2D eigenvalue weighted by Crippen LogP contribution is -2.32. The van der Waals surface area contributed by atoms with Gasteiger partial charge in [-0.1, -0.05) is 60.1 Å². The van der Waals surface area contributed by atoms with Crippen molar-refractivity contribution in [2.45, 2.75) is 36.6 Å². The number of halogens is 4. The van der Waals surface area contributed by atoms with Gasteiger partial charge < -0.3 is 21.3 Å². The van der Waals surface area contributed by atoms with Crippen LogP contribution in [-0.2, 0) is 21.3 Å². The Labute approximate surface area is 277 Å². The molecule has 2 aromatic heterocycles. The van der Waals surface area contributed by atoms with Crippen LogP contribution in [0.25, 0.3) is 16.9 Å². The zero-order valence-corrected chi connectivity index (χ0v) is 26.5. The number of aliphatic carboxylic acids is 1. The molecule has 252 valence electrons. The Balaban J connectivity index is 0.000000445. The number of hydrogen-bond acceptors (Lipinski definition) is 9. The van der Waals surface area contributed by atoms with Crippen LogP contribution in [0.3, 0.4) is 0 Å². The fourth-order valence-electron chi connectivity index (χ4n) is 4.31. The lowest BCUT2D eigenvalue weighted by atomic mass is 10.0. The molecular formula is C31H28ClF3N6O6S. The number of aromatic nitrogens is 4. The van der Waals surface area contributed by atoms with E-state index in [1.165, 1.54) is 47.3 Å². The number of aryl methyl sites for hydroxylation is 1. The van der Waals surface area contributed by atoms with Gasteiger partial charge in [0, 0.05) is 28.4 Å². The van der Waals surface area contributed by atoms with Crippen LogP contribution in [0.1, 0.15) is 22.9 Å². The summed E-state index contributed by atoms with van der Waals surface area (Å²) in [6.45, 7) is 1.71. The van der Waals surface area contributed by atoms with E-state index in [1.54, 1.807) is 55.5 Å². The summed E-state index contributed by atoms with van der Waals surface area (Å²) in [5.74, 6) is -1.83. The summed E-state index contributed by atoms with van der Waals surface area (Å²) in [6, 6.07) is 19.7. The summed E-state index contributed by atoms with van der Waals surface area (Å²) >= 11 is 6.08. The SMILES string of the molecule is Cc1ccn(-c2cc(Cl)ccc2C(Oc2cc(-c3ccc(C[C@H](N)C(=O)O)cc3)nc(N)n2)C(F)(F)F)n1.O=S(=O)(O)c1ccccc1. The van der Waals surface area contributed by atoms with E-state index in [0.29, 0.717) is 16.8 Å². The third-order valence-corrected chi connectivity index (χ3v) is 7.67. The van der Waals surface area contributed by atoms with E-state index in [-0.39, 0.29) is 39.2 Å². The first-order valence-corrected chi connectivity index (χ1v) is 15.6. The van der Waals surface area contributed by atoms with E-state index in [9.17, 15) is 26.4 Å². The van der Waals surface area contributed by atoms with Crippen molar-refractivity contribution in [1.29, 1.82) is 0 Å². The van der Waals surface area contributed by atoms with Gasteiger partial charge in [0.2, 0.25) is 17.9 Å². The van der Waals surface area contributed by atoms with Gasteiger partial charge in [-0.25, -0.2) is 9.67 Å². The molecule has 0 aliphatic carbocycles. The van der Waals surface area contributed by atoms with Crippen molar-refractivity contribution in [3.63, 3.8) is 0 Å². The summed E-state index contributed by atoms with van der Waals surface area (Å²) in [4.78, 5) is 18.9. The lowest BCUT2D eigenvalue weighted by Gasteiger charge is -2.24. The molecule has 0 saturated heterocycles. The highest BCUT2D eigenvalue weighted by molar-refractivity contribution is 7.85. The Morgan fingerprint density at radius 2 is 1.69 bits per heavy atom. The quantitative estimate of drug-likeness (QED) is 0.143. The molecule has 48 heavy (non-hydrogen) atoms. The molecule has 17 heteroatoms. The van der Waals surface area contributed by atoms with Gasteiger partial charge in [0.15, 0.2) is 0 Å². The number of rotatable bonds is 9. The molecule has 2 heterocycles. The molecule has 0 spiro atoms. The standard InChI is InChI=1S/C25H22ClF3N6O3.C6H6O3S/c1-13-8-9-35(34-13)20-11-16(26)6-7-17(20)22(25(27,28)29)38-21-12-19(32-24(31)33-21)15-4-2-14(3-5-15)10-18(30)23(36)37;7-10(8,9)6-4-2-1-3-5-6/h2-9,11-12,18,22H,10,30H2,1H3,(H,36,37)(H2,31,32,33);1-5H,(H,7,8,9)/t18-,22?;/m0./s1. The second-order valence-electron chi connectivity index (χ2n) is 10.2. The van der Waals surface area contributed by atoms with Gasteiger partial charge in [0.25, 0.3) is 10.1 Å². The number of benzene rings is 3. The predicted molar refractivity (Wildman–Crippen MR) is 170 cm³/mol. The highest BCUT2D eigenvalue weighted by Crippen LogP contribution is 2.40. The van der Waals surface area contributed by atoms with Crippen molar-refractivity contribution in [1.82, 2.24) is 19.7 Å². The lowest BCUT2D eigenvalue weighted by molar-refractivity contribution is -0.198. The summed E-state index contributed by atoms with van der Waals surface area (Å²) in [7, 11) is -4.00. The number of nitrogens with two attached hydrogens (primary N) is 2. The normalized spacial score (nSPS) is 12.8. The number of anilines is 1. The fourth-order valence-corrected chi connectivity index (χ4v) is 4.98. The second kappa shape index (κ2) is 14.8. The van der Waals surface area contributed by atoms with Gasteiger partial charge in [-0.05, 0) is 49.2 Å². The Hall–Kier alpha value is -5.03. The zero-order valence-electron chi connectivity index (χ0n) is 24.9. The molecule has 0 aliphatic rings. The predicted octanol–water partition coefficient (Wildman–Crippen LogP) is 5.44. The molecule has 3 aromatic carbocycles. The third-order valence-electron chi connectivity index (χ3n) is 6.56. The summed E-state index contributed by atoms with van der Waals surface area (Å²) in [5.41, 5.74) is 13.2. The second-order valence-corrected chi connectivity index (χ2v) is 12.1. The van der Waals surface area contributed by atoms with Crippen molar-refractivity contribution in [3.05, 3.63) is 113 Å². The zero-order chi connectivity index (χ0) is 35.2. The molecule has 6 N–H and O–H groups in total. The van der Waals surface area contributed by atoms with Crippen LogP contribution in [0.4, 0.5) is 19.1 Å². The maximum absolute atomic E-state index is 14.3. The Morgan fingerprint density at radius 1 is 1.02 bits per heavy atom. The number of carboxylic acids is 1. The van der Waals surface area contributed by atoms with Crippen molar-refractivity contribution < 1.29 is 40.8 Å². The molecule has 0 radical (unpaired) electrons. The highest BCUT2D eigenvalue weighted by Gasteiger charge is 2.45. The molecule has 5 rings (SSSR count). The summed E-state index contributed by atoms with van der Waals surface area (Å²) in [5, 5.41) is 13.4. The van der Waals surface area contributed by atoms with E-state index in [4.69, 9.17) is 37.5 Å². The van der Waals surface area contributed by atoms with Crippen LogP contribution in [-0.4, -0.2) is 56.0 Å². The number of carboxylic acid groups (broad SMARTS) is 1. The average Bonchev–Trinajstić information content (AvgIpc) is 3.46. The van der Waals surface area contributed by atoms with E-state index in [0.717, 1.165) is 0 Å². The number of ether oxygens (including phenoxy) is 1. The summed E-state index contributed by atoms with van der Waals surface area (Å²) in [6.07, 6.45) is -5.65. The van der Waals surface area contributed by atoms with Crippen molar-refractivity contribution in [3.8, 4) is 22.8 Å². The number of alkyl halides is 3. The van der Waals surface area contributed by atoms with Gasteiger partial charge in [-0.3, -0.25) is 9.35 Å². The smallest absolute Gasteiger partial charge is 0.429 e. The molecular weight excluding hydrogens is 677 g/mol. The minimum Gasteiger partial charge on any atom is -0.480 e. The maximum Gasteiger partial charge on any atom is 0.429 e. The van der Waals surface area contributed by atoms with Gasteiger partial charge >= 0.3 is 12.1 Å². The van der Waals surface area contributed by atoms with Crippen LogP contribution in [0, 0.1) is 6.92 Å². The number of nitrogen functional groups attached to an aromatic ring is 1. The van der Waals surface area contributed by atoms with Crippen molar-refractivity contribution in [2.75, 3.05) is 5.73 Å². The van der Waals surface area contributed by atoms with Gasteiger partial charge in [0.05, 0.1) is 22.0 Å². The van der Waals surface area contributed by atoms with Crippen LogP contribution < -0.4 is 16.2 Å². The molecule has 5 aromatic rings. The topological polar surface area (TPSA) is 197 Å². The largest absolute Gasteiger partial charge is 0.480 e. The van der Waals surface area contributed by atoms with Crippen molar-refractivity contribution in [2.24, 2.45) is 5.73 Å².